The van der Waals surface area contributed by atoms with Gasteiger partial charge in [0.1, 0.15) is 0 Å². The lowest BCUT2D eigenvalue weighted by atomic mass is 10.0. The molecule has 1 saturated carbocycles. The lowest BCUT2D eigenvalue weighted by molar-refractivity contribution is 0.0632. The summed E-state index contributed by atoms with van der Waals surface area (Å²) < 4.78 is 0. The maximum absolute atomic E-state index is 10.2. The summed E-state index contributed by atoms with van der Waals surface area (Å²) in [5, 5.41) is 13.8. The Morgan fingerprint density at radius 3 is 2.87 bits per heavy atom. The zero-order chi connectivity index (χ0) is 10.7. The third-order valence-corrected chi connectivity index (χ3v) is 4.80. The molecular weight excluding hydrogens is 206 g/mol. The first-order valence-corrected chi connectivity index (χ1v) is 7.42. The maximum atomic E-state index is 10.2. The summed E-state index contributed by atoms with van der Waals surface area (Å²) in [6, 6.07) is 0.671. The fourth-order valence-electron chi connectivity index (χ4n) is 2.37. The van der Waals surface area contributed by atoms with Crippen LogP contribution in [0.5, 0.6) is 0 Å². The Balaban J connectivity index is 1.74. The number of nitrogens with one attached hydrogen (secondary N) is 1. The zero-order valence-electron chi connectivity index (χ0n) is 9.67. The van der Waals surface area contributed by atoms with Gasteiger partial charge in [0.05, 0.1) is 5.60 Å². The van der Waals surface area contributed by atoms with Crippen molar-refractivity contribution in [3.63, 3.8) is 0 Å². The Morgan fingerprint density at radius 1 is 1.53 bits per heavy atom. The van der Waals surface area contributed by atoms with Crippen molar-refractivity contribution in [1.82, 2.24) is 5.32 Å². The zero-order valence-corrected chi connectivity index (χ0v) is 10.5. The van der Waals surface area contributed by atoms with Crippen molar-refractivity contribution in [2.24, 2.45) is 5.92 Å². The number of hydrogen-bond acceptors (Lipinski definition) is 3. The van der Waals surface area contributed by atoms with Crippen molar-refractivity contribution < 1.29 is 5.11 Å². The van der Waals surface area contributed by atoms with Gasteiger partial charge in [0.15, 0.2) is 0 Å². The lowest BCUT2D eigenvalue weighted by Gasteiger charge is -2.26. The summed E-state index contributed by atoms with van der Waals surface area (Å²) in [6.07, 6.45) is 6.28. The van der Waals surface area contributed by atoms with E-state index in [1.165, 1.54) is 25.7 Å². The molecule has 0 aromatic rings. The minimum absolute atomic E-state index is 0.411. The highest BCUT2D eigenvalue weighted by Gasteiger charge is 2.35. The van der Waals surface area contributed by atoms with Gasteiger partial charge in [0.25, 0.3) is 0 Å². The number of hydrogen-bond donors (Lipinski definition) is 2. The Kier molecular flexibility index (Phi) is 3.97. The van der Waals surface area contributed by atoms with E-state index >= 15 is 0 Å². The van der Waals surface area contributed by atoms with Gasteiger partial charge >= 0.3 is 0 Å². The molecule has 0 radical (unpaired) electrons. The van der Waals surface area contributed by atoms with Gasteiger partial charge in [-0.1, -0.05) is 13.3 Å². The molecule has 0 bridgehead atoms. The normalized spacial score (nSPS) is 33.2. The molecule has 2 fully saturated rings. The van der Waals surface area contributed by atoms with Crippen LogP contribution < -0.4 is 5.32 Å². The maximum Gasteiger partial charge on any atom is 0.0869 e. The van der Waals surface area contributed by atoms with E-state index in [2.05, 4.69) is 12.2 Å². The molecular formula is C12H23NOS. The van der Waals surface area contributed by atoms with Crippen LogP contribution in [-0.2, 0) is 0 Å². The molecule has 2 unspecified atom stereocenters. The van der Waals surface area contributed by atoms with Gasteiger partial charge in [-0.05, 0) is 37.4 Å². The molecule has 3 heteroatoms. The summed E-state index contributed by atoms with van der Waals surface area (Å²) in [6.45, 7) is 3.05. The van der Waals surface area contributed by atoms with Crippen LogP contribution >= 0.6 is 11.8 Å². The minimum Gasteiger partial charge on any atom is -0.388 e. The first-order chi connectivity index (χ1) is 7.23. The molecule has 1 heterocycles. The predicted molar refractivity (Wildman–Crippen MR) is 66.3 cm³/mol. The van der Waals surface area contributed by atoms with Gasteiger partial charge in [-0.2, -0.15) is 11.8 Å². The summed E-state index contributed by atoms with van der Waals surface area (Å²) in [5.74, 6) is 2.95. The molecule has 88 valence electrons. The van der Waals surface area contributed by atoms with Crippen LogP contribution in [0, 0.1) is 5.92 Å². The fourth-order valence-corrected chi connectivity index (χ4v) is 3.67. The third kappa shape index (κ3) is 3.36. The second-order valence-electron chi connectivity index (χ2n) is 5.14. The largest absolute Gasteiger partial charge is 0.388 e. The van der Waals surface area contributed by atoms with Crippen molar-refractivity contribution >= 4 is 11.8 Å². The van der Waals surface area contributed by atoms with Crippen molar-refractivity contribution in [1.29, 1.82) is 0 Å². The lowest BCUT2D eigenvalue weighted by Crippen LogP contribution is -2.45. The predicted octanol–water partition coefficient (Wildman–Crippen LogP) is 2.02. The van der Waals surface area contributed by atoms with Crippen LogP contribution in [0.15, 0.2) is 0 Å². The van der Waals surface area contributed by atoms with Gasteiger partial charge in [0.2, 0.25) is 0 Å². The van der Waals surface area contributed by atoms with E-state index in [1.807, 2.05) is 11.8 Å². The van der Waals surface area contributed by atoms with E-state index in [-0.39, 0.29) is 0 Å². The van der Waals surface area contributed by atoms with Gasteiger partial charge in [-0.15, -0.1) is 0 Å². The third-order valence-electron chi connectivity index (χ3n) is 3.57. The second kappa shape index (κ2) is 5.07. The van der Waals surface area contributed by atoms with Gasteiger partial charge in [-0.3, -0.25) is 0 Å². The topological polar surface area (TPSA) is 32.3 Å². The van der Waals surface area contributed by atoms with E-state index < -0.39 is 5.60 Å². The Hall–Kier alpha value is 0.270. The molecule has 1 saturated heterocycles. The Bertz CT molecular complexity index is 200. The summed E-state index contributed by atoms with van der Waals surface area (Å²) in [5.41, 5.74) is -0.411. The van der Waals surface area contributed by atoms with Crippen molar-refractivity contribution in [3.05, 3.63) is 0 Å². The molecule has 0 aromatic carbocycles. The van der Waals surface area contributed by atoms with E-state index in [0.29, 0.717) is 6.04 Å². The molecule has 0 aromatic heterocycles. The van der Waals surface area contributed by atoms with Gasteiger partial charge in [0, 0.05) is 18.3 Å². The highest BCUT2D eigenvalue weighted by atomic mass is 32.2. The Labute approximate surface area is 97.2 Å². The molecule has 1 aliphatic heterocycles. The smallest absolute Gasteiger partial charge is 0.0869 e. The van der Waals surface area contributed by atoms with Crippen LogP contribution in [0.2, 0.25) is 0 Å². The molecule has 1 aliphatic carbocycles. The standard InChI is InChI=1S/C12H23NOS/c1-2-3-11(10-4-5-10)13-8-12(14)6-7-15-9-12/h10-11,13-14H,2-9H2,1H3. The average molecular weight is 229 g/mol. The SMILES string of the molecule is CCCC(NCC1(O)CCSC1)C1CC1. The summed E-state index contributed by atoms with van der Waals surface area (Å²) in [7, 11) is 0. The second-order valence-corrected chi connectivity index (χ2v) is 6.25. The van der Waals surface area contributed by atoms with E-state index in [0.717, 1.165) is 30.4 Å². The highest BCUT2D eigenvalue weighted by Crippen LogP contribution is 2.35. The average Bonchev–Trinajstić information content (AvgIpc) is 2.97. The van der Waals surface area contributed by atoms with Crippen molar-refractivity contribution in [2.75, 3.05) is 18.1 Å². The first-order valence-electron chi connectivity index (χ1n) is 6.27. The van der Waals surface area contributed by atoms with Crippen molar-refractivity contribution in [3.8, 4) is 0 Å². The van der Waals surface area contributed by atoms with Crippen molar-refractivity contribution in [2.45, 2.75) is 50.7 Å². The van der Waals surface area contributed by atoms with E-state index in [4.69, 9.17) is 0 Å². The molecule has 2 N–H and O–H groups in total. The number of rotatable bonds is 6. The molecule has 2 aliphatic rings. The summed E-state index contributed by atoms with van der Waals surface area (Å²) >= 11 is 1.88. The van der Waals surface area contributed by atoms with Gasteiger partial charge in [-0.25, -0.2) is 0 Å². The molecule has 2 nitrogen and oxygen atoms in total. The summed E-state index contributed by atoms with van der Waals surface area (Å²) in [4.78, 5) is 0. The van der Waals surface area contributed by atoms with E-state index in [9.17, 15) is 5.11 Å². The number of thioether (sulfide) groups is 1. The fraction of sp³-hybridized carbons (Fsp3) is 1.00. The molecule has 2 atom stereocenters. The van der Waals surface area contributed by atoms with Crippen LogP contribution in [0.3, 0.4) is 0 Å². The van der Waals surface area contributed by atoms with E-state index in [1.54, 1.807) is 0 Å². The molecule has 15 heavy (non-hydrogen) atoms. The molecule has 0 spiro atoms. The van der Waals surface area contributed by atoms with Crippen LogP contribution in [-0.4, -0.2) is 34.8 Å². The van der Waals surface area contributed by atoms with Crippen LogP contribution in [0.25, 0.3) is 0 Å². The Morgan fingerprint density at radius 2 is 2.33 bits per heavy atom. The quantitative estimate of drug-likeness (QED) is 0.731. The molecule has 0 amide bonds. The molecule has 2 rings (SSSR count). The number of aliphatic hydroxyl groups is 1. The van der Waals surface area contributed by atoms with Crippen LogP contribution in [0.1, 0.15) is 39.0 Å². The highest BCUT2D eigenvalue weighted by molar-refractivity contribution is 7.99. The monoisotopic (exact) mass is 229 g/mol. The minimum atomic E-state index is -0.411. The first kappa shape index (κ1) is 11.7. The van der Waals surface area contributed by atoms with Crippen LogP contribution in [0.4, 0.5) is 0 Å². The van der Waals surface area contributed by atoms with Gasteiger partial charge < -0.3 is 10.4 Å².